The average molecular weight is 159 g/mol. The Morgan fingerprint density at radius 2 is 2.25 bits per heavy atom. The maximum atomic E-state index is 5.68. The van der Waals surface area contributed by atoms with E-state index in [-0.39, 0.29) is 5.60 Å². The highest BCUT2D eigenvalue weighted by molar-refractivity contribution is 5.60. The summed E-state index contributed by atoms with van der Waals surface area (Å²) in [6, 6.07) is 8.93. The molecule has 0 amide bonds. The van der Waals surface area contributed by atoms with Gasteiger partial charge < -0.3 is 4.74 Å². The summed E-state index contributed by atoms with van der Waals surface area (Å²) in [6.07, 6.45) is 4.14. The lowest BCUT2D eigenvalue weighted by atomic mass is 10.0. The van der Waals surface area contributed by atoms with Crippen molar-refractivity contribution in [3.63, 3.8) is 0 Å². The topological polar surface area (TPSA) is 9.23 Å². The molecule has 0 fully saturated rings. The van der Waals surface area contributed by atoms with Gasteiger partial charge in [-0.1, -0.05) is 24.3 Å². The molecule has 1 aliphatic heterocycles. The average Bonchev–Trinajstić information content (AvgIpc) is 2.02. The Kier molecular flexibility index (Phi) is 1.47. The molecule has 0 aliphatic carbocycles. The van der Waals surface area contributed by atoms with Crippen LogP contribution in [0.25, 0.3) is 6.08 Å². The first-order valence-electron chi connectivity index (χ1n) is 4.06. The highest BCUT2D eigenvalue weighted by Crippen LogP contribution is 2.29. The number of fused-ring (bicyclic) bond motifs is 1. The van der Waals surface area contributed by atoms with Crippen molar-refractivity contribution in [2.45, 2.75) is 19.4 Å². The van der Waals surface area contributed by atoms with Crippen molar-refractivity contribution in [3.8, 4) is 5.75 Å². The van der Waals surface area contributed by atoms with Crippen LogP contribution in [0.1, 0.15) is 19.4 Å². The monoisotopic (exact) mass is 159 g/mol. The Balaban J connectivity index is 2.46. The fourth-order valence-corrected chi connectivity index (χ4v) is 1.24. The summed E-state index contributed by atoms with van der Waals surface area (Å²) in [5.74, 6) is 0.852. The molecule has 0 atom stereocenters. The van der Waals surface area contributed by atoms with Crippen LogP contribution in [0.5, 0.6) is 5.75 Å². The molecule has 0 unspecified atom stereocenters. The first kappa shape index (κ1) is 7.41. The lowest BCUT2D eigenvalue weighted by molar-refractivity contribution is 0.158. The van der Waals surface area contributed by atoms with Crippen molar-refractivity contribution in [3.05, 3.63) is 35.9 Å². The zero-order valence-electron chi connectivity index (χ0n) is 7.29. The van der Waals surface area contributed by atoms with Crippen LogP contribution in [-0.2, 0) is 0 Å². The number of para-hydroxylation sites is 1. The number of hydrogen-bond acceptors (Lipinski definition) is 1. The zero-order valence-corrected chi connectivity index (χ0v) is 7.29. The summed E-state index contributed by atoms with van der Waals surface area (Å²) >= 11 is 0. The molecule has 0 saturated carbocycles. The normalized spacial score (nSPS) is 18.2. The summed E-state index contributed by atoms with van der Waals surface area (Å²) in [7, 11) is 0. The number of benzene rings is 1. The van der Waals surface area contributed by atoms with Gasteiger partial charge in [0.2, 0.25) is 0 Å². The predicted octanol–water partition coefficient (Wildman–Crippen LogP) is 2.67. The van der Waals surface area contributed by atoms with Crippen molar-refractivity contribution in [1.29, 1.82) is 0 Å². The molecule has 1 aliphatic rings. The lowest BCUT2D eigenvalue weighted by Crippen LogP contribution is -2.27. The molecule has 0 bridgehead atoms. The van der Waals surface area contributed by atoms with Gasteiger partial charge in [-0.05, 0) is 19.9 Å². The lowest BCUT2D eigenvalue weighted by Gasteiger charge is -2.27. The minimum atomic E-state index is -0.190. The Bertz CT molecular complexity index is 324. The number of rotatable bonds is 0. The van der Waals surface area contributed by atoms with Crippen LogP contribution in [0.2, 0.25) is 0 Å². The van der Waals surface area contributed by atoms with Crippen LogP contribution in [-0.4, -0.2) is 5.60 Å². The number of hydrogen-bond donors (Lipinski definition) is 0. The highest BCUT2D eigenvalue weighted by atomic mass is 16.5. The summed E-state index contributed by atoms with van der Waals surface area (Å²) in [4.78, 5) is 0. The third-order valence-corrected chi connectivity index (χ3v) is 1.88. The van der Waals surface area contributed by atoms with Gasteiger partial charge in [-0.3, -0.25) is 0 Å². The van der Waals surface area contributed by atoms with E-state index in [1.165, 1.54) is 0 Å². The smallest absolute Gasteiger partial charge is 0.135 e. The van der Waals surface area contributed by atoms with Gasteiger partial charge in [-0.25, -0.2) is 0 Å². The van der Waals surface area contributed by atoms with E-state index in [4.69, 9.17) is 4.74 Å². The molecule has 1 heteroatoms. The second-order valence-electron chi connectivity index (χ2n) is 3.49. The van der Waals surface area contributed by atoms with Crippen LogP contribution in [0.4, 0.5) is 0 Å². The molecule has 61 valence electrons. The standard InChI is InChI=1S/C11H11O/c1-11(2)8-7-9-5-3-4-6-10(9)12-11/h3-5,7-8H,1-2H3. The minimum absolute atomic E-state index is 0.190. The SMILES string of the molecule is CC1(C)C=Cc2ccc[c]c2O1. The summed E-state index contributed by atoms with van der Waals surface area (Å²) in [6.45, 7) is 4.07. The van der Waals surface area contributed by atoms with Gasteiger partial charge in [0.1, 0.15) is 11.4 Å². The molecular formula is C11H11O. The van der Waals surface area contributed by atoms with Crippen molar-refractivity contribution in [2.75, 3.05) is 0 Å². The van der Waals surface area contributed by atoms with Crippen LogP contribution >= 0.6 is 0 Å². The predicted molar refractivity (Wildman–Crippen MR) is 49.0 cm³/mol. The van der Waals surface area contributed by atoms with Gasteiger partial charge >= 0.3 is 0 Å². The van der Waals surface area contributed by atoms with E-state index in [9.17, 15) is 0 Å². The molecule has 1 heterocycles. The molecule has 1 nitrogen and oxygen atoms in total. The van der Waals surface area contributed by atoms with Crippen molar-refractivity contribution < 1.29 is 4.74 Å². The van der Waals surface area contributed by atoms with E-state index in [2.05, 4.69) is 18.2 Å². The van der Waals surface area contributed by atoms with E-state index >= 15 is 0 Å². The quantitative estimate of drug-likeness (QED) is 0.565. The van der Waals surface area contributed by atoms with Crippen LogP contribution in [0.15, 0.2) is 24.3 Å². The molecule has 0 N–H and O–H groups in total. The maximum Gasteiger partial charge on any atom is 0.135 e. The first-order chi connectivity index (χ1) is 5.67. The van der Waals surface area contributed by atoms with E-state index < -0.39 is 0 Å². The number of ether oxygens (including phenoxy) is 1. The van der Waals surface area contributed by atoms with Crippen LogP contribution < -0.4 is 4.74 Å². The van der Waals surface area contributed by atoms with Gasteiger partial charge in [-0.2, -0.15) is 0 Å². The van der Waals surface area contributed by atoms with Crippen LogP contribution in [0.3, 0.4) is 0 Å². The largest absolute Gasteiger partial charge is 0.483 e. The molecule has 0 aromatic heterocycles. The van der Waals surface area contributed by atoms with Crippen molar-refractivity contribution in [1.82, 2.24) is 0 Å². The Hall–Kier alpha value is -1.24. The van der Waals surface area contributed by atoms with Crippen molar-refractivity contribution in [2.24, 2.45) is 0 Å². The summed E-state index contributed by atoms with van der Waals surface area (Å²) in [5.41, 5.74) is 0.919. The van der Waals surface area contributed by atoms with E-state index in [1.54, 1.807) is 0 Å². The Morgan fingerprint density at radius 1 is 1.42 bits per heavy atom. The second-order valence-corrected chi connectivity index (χ2v) is 3.49. The second kappa shape index (κ2) is 2.37. The first-order valence-corrected chi connectivity index (χ1v) is 4.06. The Morgan fingerprint density at radius 3 is 3.08 bits per heavy atom. The Labute approximate surface area is 72.7 Å². The van der Waals surface area contributed by atoms with Crippen molar-refractivity contribution >= 4 is 6.08 Å². The third kappa shape index (κ3) is 1.22. The summed E-state index contributed by atoms with van der Waals surface area (Å²) in [5, 5.41) is 0. The van der Waals surface area contributed by atoms with E-state index in [0.29, 0.717) is 0 Å². The fourth-order valence-electron chi connectivity index (χ4n) is 1.24. The van der Waals surface area contributed by atoms with Gasteiger partial charge in [0.05, 0.1) is 0 Å². The highest BCUT2D eigenvalue weighted by Gasteiger charge is 2.20. The molecule has 1 aromatic carbocycles. The molecule has 2 rings (SSSR count). The molecule has 0 saturated heterocycles. The molecule has 1 radical (unpaired) electrons. The van der Waals surface area contributed by atoms with E-state index in [1.807, 2.05) is 32.0 Å². The van der Waals surface area contributed by atoms with Gasteiger partial charge in [0, 0.05) is 11.6 Å². The molecule has 1 aromatic rings. The molecular weight excluding hydrogens is 148 g/mol. The fraction of sp³-hybridized carbons (Fsp3) is 0.273. The van der Waals surface area contributed by atoms with Crippen LogP contribution in [0, 0.1) is 6.07 Å². The third-order valence-electron chi connectivity index (χ3n) is 1.88. The van der Waals surface area contributed by atoms with Gasteiger partial charge in [0.15, 0.2) is 0 Å². The minimum Gasteiger partial charge on any atom is -0.483 e. The van der Waals surface area contributed by atoms with E-state index in [0.717, 1.165) is 11.3 Å². The van der Waals surface area contributed by atoms with Gasteiger partial charge in [-0.15, -0.1) is 0 Å². The van der Waals surface area contributed by atoms with Gasteiger partial charge in [0.25, 0.3) is 0 Å². The molecule has 12 heavy (non-hydrogen) atoms. The molecule has 0 spiro atoms. The maximum absolute atomic E-state index is 5.68. The zero-order chi connectivity index (χ0) is 8.60. The summed E-state index contributed by atoms with van der Waals surface area (Å²) < 4.78 is 5.68.